The average Bonchev–Trinajstić information content (AvgIpc) is 2.88. The quantitative estimate of drug-likeness (QED) is 0.876. The van der Waals surface area contributed by atoms with E-state index in [1.807, 2.05) is 20.8 Å². The van der Waals surface area contributed by atoms with Gasteiger partial charge in [0.25, 0.3) is 5.91 Å². The third-order valence-electron chi connectivity index (χ3n) is 4.22. The number of aryl methyl sites for hydroxylation is 1. The SMILES string of the molecule is Cc1n[nH]c2c1C(C#N)=CN(C(=O)c1ccc(F)cc1)CC2(C)C. The fraction of sp³-hybridized carbons (Fsp3) is 0.278. The summed E-state index contributed by atoms with van der Waals surface area (Å²) in [5.41, 5.74) is 2.65. The first kappa shape index (κ1) is 15.9. The molecule has 1 aromatic carbocycles. The Bertz CT molecular complexity index is 871. The molecule has 2 heterocycles. The summed E-state index contributed by atoms with van der Waals surface area (Å²) in [6.07, 6.45) is 1.56. The van der Waals surface area contributed by atoms with E-state index in [1.165, 1.54) is 29.2 Å². The molecular weight excluding hydrogens is 307 g/mol. The van der Waals surface area contributed by atoms with E-state index in [0.29, 0.717) is 17.7 Å². The predicted molar refractivity (Wildman–Crippen MR) is 87.4 cm³/mol. The zero-order chi connectivity index (χ0) is 17.5. The Morgan fingerprint density at radius 2 is 2.04 bits per heavy atom. The first-order valence-electron chi connectivity index (χ1n) is 7.58. The van der Waals surface area contributed by atoms with E-state index in [1.54, 1.807) is 6.20 Å². The smallest absolute Gasteiger partial charge is 0.257 e. The lowest BCUT2D eigenvalue weighted by molar-refractivity contribution is 0.0800. The van der Waals surface area contributed by atoms with Crippen LogP contribution in [0.1, 0.15) is 41.2 Å². The van der Waals surface area contributed by atoms with Gasteiger partial charge in [0.05, 0.1) is 17.0 Å². The predicted octanol–water partition coefficient (Wildman–Crippen LogP) is 3.16. The number of nitrogens with one attached hydrogen (secondary N) is 1. The van der Waals surface area contributed by atoms with Crippen LogP contribution in [0.5, 0.6) is 0 Å². The second kappa shape index (κ2) is 5.60. The number of amides is 1. The van der Waals surface area contributed by atoms with Crippen molar-refractivity contribution in [3.8, 4) is 6.07 Å². The molecule has 0 spiro atoms. The number of nitrogens with zero attached hydrogens (tertiary/aromatic N) is 3. The van der Waals surface area contributed by atoms with Crippen molar-refractivity contribution in [2.75, 3.05) is 6.54 Å². The first-order chi connectivity index (χ1) is 11.3. The largest absolute Gasteiger partial charge is 0.313 e. The first-order valence-corrected chi connectivity index (χ1v) is 7.58. The number of fused-ring (bicyclic) bond motifs is 1. The van der Waals surface area contributed by atoms with Crippen molar-refractivity contribution in [3.63, 3.8) is 0 Å². The van der Waals surface area contributed by atoms with Gasteiger partial charge < -0.3 is 4.90 Å². The van der Waals surface area contributed by atoms with Crippen LogP contribution in [0.4, 0.5) is 4.39 Å². The van der Waals surface area contributed by atoms with Gasteiger partial charge in [0.1, 0.15) is 11.9 Å². The topological polar surface area (TPSA) is 72.8 Å². The number of hydrogen-bond donors (Lipinski definition) is 1. The second-order valence-corrected chi connectivity index (χ2v) is 6.54. The molecule has 1 N–H and O–H groups in total. The molecule has 0 saturated carbocycles. The summed E-state index contributed by atoms with van der Waals surface area (Å²) < 4.78 is 13.1. The van der Waals surface area contributed by atoms with E-state index in [-0.39, 0.29) is 5.91 Å². The number of H-pyrrole nitrogens is 1. The normalized spacial score (nSPS) is 16.0. The number of carbonyl (C=O) groups excluding carboxylic acids is 1. The van der Waals surface area contributed by atoms with Crippen molar-refractivity contribution < 1.29 is 9.18 Å². The highest BCUT2D eigenvalue weighted by molar-refractivity contribution is 5.96. The maximum atomic E-state index is 13.1. The van der Waals surface area contributed by atoms with E-state index in [4.69, 9.17) is 0 Å². The number of allylic oxidation sites excluding steroid dienone is 1. The number of aromatic amines is 1. The highest BCUT2D eigenvalue weighted by atomic mass is 19.1. The van der Waals surface area contributed by atoms with Crippen molar-refractivity contribution in [2.24, 2.45) is 0 Å². The number of rotatable bonds is 1. The summed E-state index contributed by atoms with van der Waals surface area (Å²) in [7, 11) is 0. The van der Waals surface area contributed by atoms with Gasteiger partial charge in [-0.05, 0) is 31.2 Å². The molecule has 0 fully saturated rings. The second-order valence-electron chi connectivity index (χ2n) is 6.54. The highest BCUT2D eigenvalue weighted by Gasteiger charge is 2.35. The third kappa shape index (κ3) is 2.58. The van der Waals surface area contributed by atoms with Gasteiger partial charge in [-0.2, -0.15) is 10.4 Å². The summed E-state index contributed by atoms with van der Waals surface area (Å²) in [6.45, 7) is 6.18. The minimum absolute atomic E-state index is 0.272. The number of nitriles is 1. The fourth-order valence-electron chi connectivity index (χ4n) is 3.00. The van der Waals surface area contributed by atoms with E-state index in [0.717, 1.165) is 17.0 Å². The molecule has 122 valence electrons. The third-order valence-corrected chi connectivity index (χ3v) is 4.22. The van der Waals surface area contributed by atoms with Crippen molar-refractivity contribution in [2.45, 2.75) is 26.2 Å². The molecule has 0 radical (unpaired) electrons. The standard InChI is InChI=1S/C18H17FN4O/c1-11-15-13(8-20)9-23(10-18(2,3)16(15)22-21-11)17(24)12-4-6-14(19)7-5-12/h4-7,9H,10H2,1-3H3,(H,21,22). The van der Waals surface area contributed by atoms with Crippen LogP contribution in [-0.4, -0.2) is 27.5 Å². The van der Waals surface area contributed by atoms with Crippen LogP contribution in [0.2, 0.25) is 0 Å². The summed E-state index contributed by atoms with van der Waals surface area (Å²) in [6, 6.07) is 7.55. The Morgan fingerprint density at radius 1 is 1.38 bits per heavy atom. The van der Waals surface area contributed by atoms with Crippen LogP contribution in [0.25, 0.3) is 5.57 Å². The molecular formula is C18H17FN4O. The van der Waals surface area contributed by atoms with E-state index >= 15 is 0 Å². The molecule has 0 atom stereocenters. The Labute approximate surface area is 139 Å². The number of hydrogen-bond acceptors (Lipinski definition) is 3. The van der Waals surface area contributed by atoms with Gasteiger partial charge in [-0.3, -0.25) is 9.89 Å². The molecule has 0 bridgehead atoms. The molecule has 1 aromatic heterocycles. The number of benzene rings is 1. The van der Waals surface area contributed by atoms with Gasteiger partial charge in [0, 0.05) is 29.3 Å². The molecule has 0 aliphatic carbocycles. The zero-order valence-electron chi connectivity index (χ0n) is 13.7. The lowest BCUT2D eigenvalue weighted by Gasteiger charge is -2.28. The van der Waals surface area contributed by atoms with Crippen LogP contribution in [0.15, 0.2) is 30.5 Å². The van der Waals surface area contributed by atoms with Crippen LogP contribution >= 0.6 is 0 Å². The monoisotopic (exact) mass is 324 g/mol. The summed E-state index contributed by atoms with van der Waals surface area (Å²) in [5, 5.41) is 16.7. The molecule has 1 aliphatic heterocycles. The summed E-state index contributed by atoms with van der Waals surface area (Å²) in [5.74, 6) is -0.667. The zero-order valence-corrected chi connectivity index (χ0v) is 13.7. The molecule has 6 heteroatoms. The number of carbonyl (C=O) groups is 1. The van der Waals surface area contributed by atoms with E-state index in [9.17, 15) is 14.4 Å². The minimum Gasteiger partial charge on any atom is -0.313 e. The lowest BCUT2D eigenvalue weighted by atomic mass is 9.85. The Balaban J connectivity index is 2.08. The number of aromatic nitrogens is 2. The van der Waals surface area contributed by atoms with Gasteiger partial charge in [-0.15, -0.1) is 0 Å². The van der Waals surface area contributed by atoms with Crippen LogP contribution in [-0.2, 0) is 5.41 Å². The van der Waals surface area contributed by atoms with Gasteiger partial charge in [-0.1, -0.05) is 13.8 Å². The van der Waals surface area contributed by atoms with Crippen LogP contribution < -0.4 is 0 Å². The molecule has 5 nitrogen and oxygen atoms in total. The molecule has 1 aliphatic rings. The average molecular weight is 324 g/mol. The molecule has 24 heavy (non-hydrogen) atoms. The Hall–Kier alpha value is -2.94. The minimum atomic E-state index is -0.415. The lowest BCUT2D eigenvalue weighted by Crippen LogP contribution is -2.37. The van der Waals surface area contributed by atoms with E-state index in [2.05, 4.69) is 16.3 Å². The fourth-order valence-corrected chi connectivity index (χ4v) is 3.00. The van der Waals surface area contributed by atoms with Gasteiger partial charge in [0.2, 0.25) is 0 Å². The summed E-state index contributed by atoms with van der Waals surface area (Å²) >= 11 is 0. The molecule has 2 aromatic rings. The maximum Gasteiger partial charge on any atom is 0.257 e. The van der Waals surface area contributed by atoms with Crippen molar-refractivity contribution in [1.82, 2.24) is 15.1 Å². The Kier molecular flexibility index (Phi) is 3.72. The molecule has 0 unspecified atom stereocenters. The molecule has 0 saturated heterocycles. The van der Waals surface area contributed by atoms with Crippen molar-refractivity contribution in [3.05, 3.63) is 58.8 Å². The van der Waals surface area contributed by atoms with Gasteiger partial charge in [0.15, 0.2) is 0 Å². The van der Waals surface area contributed by atoms with Gasteiger partial charge in [-0.25, -0.2) is 4.39 Å². The van der Waals surface area contributed by atoms with Crippen molar-refractivity contribution >= 4 is 11.5 Å². The number of halogens is 1. The molecule has 3 rings (SSSR count). The maximum absolute atomic E-state index is 13.1. The molecule has 1 amide bonds. The van der Waals surface area contributed by atoms with Crippen molar-refractivity contribution in [1.29, 1.82) is 5.26 Å². The summed E-state index contributed by atoms with van der Waals surface area (Å²) in [4.78, 5) is 14.3. The Morgan fingerprint density at radius 3 is 2.67 bits per heavy atom. The highest BCUT2D eigenvalue weighted by Crippen LogP contribution is 2.35. The van der Waals surface area contributed by atoms with Crippen LogP contribution in [0, 0.1) is 24.1 Å². The van der Waals surface area contributed by atoms with Gasteiger partial charge >= 0.3 is 0 Å². The van der Waals surface area contributed by atoms with E-state index < -0.39 is 11.2 Å². The van der Waals surface area contributed by atoms with Crippen LogP contribution in [0.3, 0.4) is 0 Å².